The molecule has 2 fully saturated rings. The predicted octanol–water partition coefficient (Wildman–Crippen LogP) is 6.32. The van der Waals surface area contributed by atoms with Gasteiger partial charge in [-0.3, -0.25) is 4.79 Å². The van der Waals surface area contributed by atoms with Crippen LogP contribution in [0.1, 0.15) is 46.2 Å². The highest BCUT2D eigenvalue weighted by molar-refractivity contribution is 7.08. The van der Waals surface area contributed by atoms with Crippen LogP contribution in [0.5, 0.6) is 0 Å². The van der Waals surface area contributed by atoms with Gasteiger partial charge in [0, 0.05) is 31.1 Å². The molecule has 1 amide bonds. The van der Waals surface area contributed by atoms with Gasteiger partial charge in [0.1, 0.15) is 11.6 Å². The third-order valence-corrected chi connectivity index (χ3v) is 8.53. The van der Waals surface area contributed by atoms with Gasteiger partial charge in [-0.15, -0.1) is 0 Å². The zero-order valence-electron chi connectivity index (χ0n) is 19.6. The number of likely N-dealkylation sites (tertiary alicyclic amines) is 2. The predicted molar refractivity (Wildman–Crippen MR) is 137 cm³/mol. The van der Waals surface area contributed by atoms with Crippen molar-refractivity contribution < 1.29 is 13.6 Å². The zero-order chi connectivity index (χ0) is 23.8. The fourth-order valence-corrected chi connectivity index (χ4v) is 6.66. The van der Waals surface area contributed by atoms with Crippen molar-refractivity contribution in [3.05, 3.63) is 94.1 Å². The van der Waals surface area contributed by atoms with Gasteiger partial charge in [-0.25, -0.2) is 4.39 Å². The topological polar surface area (TPSA) is 36.7 Å². The van der Waals surface area contributed by atoms with Crippen LogP contribution in [0.4, 0.5) is 4.39 Å². The fourth-order valence-electron chi connectivity index (χ4n) is 5.93. The van der Waals surface area contributed by atoms with Crippen LogP contribution in [0.3, 0.4) is 0 Å². The molecule has 6 heteroatoms. The van der Waals surface area contributed by atoms with Crippen molar-refractivity contribution in [1.29, 1.82) is 0 Å². The maximum atomic E-state index is 13.5. The fraction of sp³-hybridized carbons (Fsp3) is 0.345. The lowest BCUT2D eigenvalue weighted by molar-refractivity contribution is 0.0781. The highest BCUT2D eigenvalue weighted by Crippen LogP contribution is 2.38. The van der Waals surface area contributed by atoms with E-state index < -0.39 is 0 Å². The van der Waals surface area contributed by atoms with Crippen LogP contribution in [0.25, 0.3) is 11.3 Å². The van der Waals surface area contributed by atoms with Gasteiger partial charge in [-0.1, -0.05) is 18.2 Å². The Morgan fingerprint density at radius 1 is 1.00 bits per heavy atom. The number of halogens is 1. The second kappa shape index (κ2) is 9.59. The molecule has 6 rings (SSSR count). The van der Waals surface area contributed by atoms with Crippen molar-refractivity contribution in [1.82, 2.24) is 9.80 Å². The van der Waals surface area contributed by atoms with Crippen LogP contribution in [0.2, 0.25) is 0 Å². The van der Waals surface area contributed by atoms with E-state index in [9.17, 15) is 9.18 Å². The molecule has 2 unspecified atom stereocenters. The number of benzene rings is 1. The molecule has 1 aromatic carbocycles. The lowest BCUT2D eigenvalue weighted by Gasteiger charge is -2.34. The number of fused-ring (bicyclic) bond motifs is 1. The summed E-state index contributed by atoms with van der Waals surface area (Å²) in [6.45, 7) is 4.57. The number of carbonyl (C=O) groups excluding carboxylic acids is 1. The lowest BCUT2D eigenvalue weighted by Crippen LogP contribution is -2.38. The summed E-state index contributed by atoms with van der Waals surface area (Å²) in [6, 6.07) is 16.9. The van der Waals surface area contributed by atoms with Crippen molar-refractivity contribution >= 4 is 17.2 Å². The van der Waals surface area contributed by atoms with Crippen molar-refractivity contribution in [2.24, 2.45) is 5.92 Å². The van der Waals surface area contributed by atoms with Crippen LogP contribution < -0.4 is 0 Å². The minimum Gasteiger partial charge on any atom is -0.464 e. The van der Waals surface area contributed by atoms with Crippen molar-refractivity contribution in [3.63, 3.8) is 0 Å². The normalized spacial score (nSPS) is 21.7. The van der Waals surface area contributed by atoms with Crippen molar-refractivity contribution in [3.8, 4) is 11.3 Å². The first kappa shape index (κ1) is 22.5. The number of piperidine rings is 1. The molecule has 0 bridgehead atoms. The molecule has 180 valence electrons. The smallest absolute Gasteiger partial charge is 0.257 e. The van der Waals surface area contributed by atoms with E-state index in [1.54, 1.807) is 29.7 Å². The van der Waals surface area contributed by atoms with Crippen LogP contribution >= 0.6 is 11.3 Å². The average Bonchev–Trinajstić information content (AvgIpc) is 3.64. The van der Waals surface area contributed by atoms with Crippen LogP contribution in [0.15, 0.2) is 76.0 Å². The Morgan fingerprint density at radius 3 is 2.60 bits per heavy atom. The van der Waals surface area contributed by atoms with E-state index in [0.29, 0.717) is 29.1 Å². The molecule has 3 aliphatic heterocycles. The third-order valence-electron chi connectivity index (χ3n) is 7.83. The maximum Gasteiger partial charge on any atom is 0.257 e. The molecule has 4 heterocycles. The molecular formula is C29H29FN2O2S. The molecule has 2 saturated heterocycles. The summed E-state index contributed by atoms with van der Waals surface area (Å²) < 4.78 is 19.0. The minimum atomic E-state index is -0.172. The molecule has 2 aromatic rings. The van der Waals surface area contributed by atoms with E-state index in [1.165, 1.54) is 11.1 Å². The minimum absolute atomic E-state index is 0.0627. The molecule has 2 atom stereocenters. The summed E-state index contributed by atoms with van der Waals surface area (Å²) in [5.41, 5.74) is 4.20. The van der Waals surface area contributed by atoms with Crippen LogP contribution in [-0.4, -0.2) is 48.4 Å². The molecule has 4 aliphatic rings. The highest BCUT2D eigenvalue weighted by Gasteiger charge is 2.39. The van der Waals surface area contributed by atoms with Gasteiger partial charge in [-0.05, 0) is 96.1 Å². The second-order valence-electron chi connectivity index (χ2n) is 9.90. The average molecular weight is 489 g/mol. The Balaban J connectivity index is 1.15. The van der Waals surface area contributed by atoms with E-state index in [-0.39, 0.29) is 11.7 Å². The Kier molecular flexibility index (Phi) is 6.17. The van der Waals surface area contributed by atoms with Crippen molar-refractivity contribution in [2.75, 3.05) is 32.7 Å². The first-order valence-corrected chi connectivity index (χ1v) is 13.4. The van der Waals surface area contributed by atoms with Gasteiger partial charge in [-0.2, -0.15) is 11.3 Å². The number of hydrogen-bond donors (Lipinski definition) is 0. The molecular weight excluding hydrogens is 459 g/mol. The lowest BCUT2D eigenvalue weighted by atomic mass is 9.87. The molecule has 4 nitrogen and oxygen atoms in total. The van der Waals surface area contributed by atoms with E-state index in [2.05, 4.69) is 21.7 Å². The monoisotopic (exact) mass is 488 g/mol. The summed E-state index contributed by atoms with van der Waals surface area (Å²) >= 11 is 1.72. The zero-order valence-corrected chi connectivity index (χ0v) is 20.4. The Labute approximate surface area is 209 Å². The number of hydrogen-bond acceptors (Lipinski definition) is 4. The largest absolute Gasteiger partial charge is 0.464 e. The van der Waals surface area contributed by atoms with E-state index >= 15 is 0 Å². The summed E-state index contributed by atoms with van der Waals surface area (Å²) in [5, 5.41) is 4.37. The van der Waals surface area contributed by atoms with E-state index in [1.807, 2.05) is 41.3 Å². The van der Waals surface area contributed by atoms with Gasteiger partial charge >= 0.3 is 0 Å². The summed E-state index contributed by atoms with van der Waals surface area (Å²) in [7, 11) is 0. The van der Waals surface area contributed by atoms with E-state index in [4.69, 9.17) is 4.42 Å². The molecule has 1 aliphatic carbocycles. The van der Waals surface area contributed by atoms with E-state index in [0.717, 1.165) is 51.1 Å². The third kappa shape index (κ3) is 4.53. The maximum absolute atomic E-state index is 13.5. The Morgan fingerprint density at radius 2 is 1.83 bits per heavy atom. The van der Waals surface area contributed by atoms with Gasteiger partial charge in [0.15, 0.2) is 0 Å². The van der Waals surface area contributed by atoms with Gasteiger partial charge in [0.05, 0.1) is 11.8 Å². The first-order valence-electron chi connectivity index (χ1n) is 12.4. The molecule has 1 aromatic heterocycles. The number of carbonyl (C=O) groups is 1. The Bertz CT molecular complexity index is 1240. The summed E-state index contributed by atoms with van der Waals surface area (Å²) in [5.74, 6) is 1.81. The quantitative estimate of drug-likeness (QED) is 0.330. The standard InChI is InChI=1S/C29H29FN2O2S/c30-25-6-3-20(4-7-25)21-9-12-31(13-10-21)16-24-17-32(18-27(24)23-11-15-35-19-23)29(33)26-8-5-22-2-1-14-34-28(22)26/h1-8,11,14-15,19,21,24,27H,9-10,12-13,16-18H2. The first-order chi connectivity index (χ1) is 17.2. The molecule has 0 N–H and O–H groups in total. The Hall–Kier alpha value is -2.96. The van der Waals surface area contributed by atoms with Crippen molar-refractivity contribution in [2.45, 2.75) is 24.7 Å². The molecule has 0 saturated carbocycles. The van der Waals surface area contributed by atoms with Gasteiger partial charge in [0.25, 0.3) is 5.91 Å². The van der Waals surface area contributed by atoms with Crippen LogP contribution in [-0.2, 0) is 0 Å². The highest BCUT2D eigenvalue weighted by atomic mass is 32.1. The van der Waals surface area contributed by atoms with Gasteiger partial charge in [0.2, 0.25) is 0 Å². The summed E-state index contributed by atoms with van der Waals surface area (Å²) in [4.78, 5) is 18.1. The summed E-state index contributed by atoms with van der Waals surface area (Å²) in [6.07, 6.45) is 3.81. The molecule has 0 spiro atoms. The number of nitrogens with zero attached hydrogens (tertiary/aromatic N) is 2. The number of rotatable bonds is 5. The molecule has 35 heavy (non-hydrogen) atoms. The SMILES string of the molecule is O=C(c1ccc2cccoc1-2)N1CC(CN2CCC(c3ccc(F)cc3)CC2)C(c2ccsc2)C1. The van der Waals surface area contributed by atoms with Crippen LogP contribution in [0, 0.1) is 11.7 Å². The van der Waals surface area contributed by atoms with Gasteiger partial charge < -0.3 is 14.2 Å². The number of thiophene rings is 1. The second-order valence-corrected chi connectivity index (χ2v) is 10.7. The number of amides is 1. The molecule has 0 radical (unpaired) electrons.